The summed E-state index contributed by atoms with van der Waals surface area (Å²) in [7, 11) is 0. The second-order valence-electron chi connectivity index (χ2n) is 11.4. The summed E-state index contributed by atoms with van der Waals surface area (Å²) < 4.78 is 5.99. The molecule has 0 aromatic carbocycles. The standard InChI is InChI=1S/C31H34N2O2/c1-20-12-16-33-19-25(20)29(34)35-23-10-13-30(2)22(17-23)6-7-24-27-9-8-26(21-5-4-15-32-18-21)31(27,3)14-11-28(24)30/h4-6,8-9,12,15-16,18-19,23-24,28H,7,10-11,13-14,17H2,1-3H3. The molecule has 2 fully saturated rings. The number of nitrogens with zero attached hydrogens (tertiary/aromatic N) is 2. The van der Waals surface area contributed by atoms with Gasteiger partial charge in [0.25, 0.3) is 0 Å². The zero-order chi connectivity index (χ0) is 24.2. The van der Waals surface area contributed by atoms with Crippen molar-refractivity contribution in [3.8, 4) is 0 Å². The average molecular weight is 467 g/mol. The summed E-state index contributed by atoms with van der Waals surface area (Å²) in [6, 6.07) is 6.10. The lowest BCUT2D eigenvalue weighted by molar-refractivity contribution is 0.00237. The Morgan fingerprint density at radius 2 is 1.91 bits per heavy atom. The number of esters is 1. The Hall–Kier alpha value is -3.01. The largest absolute Gasteiger partial charge is 0.458 e. The van der Waals surface area contributed by atoms with Crippen LogP contribution < -0.4 is 0 Å². The maximum atomic E-state index is 12.8. The van der Waals surface area contributed by atoms with E-state index >= 15 is 0 Å². The summed E-state index contributed by atoms with van der Waals surface area (Å²) in [5.74, 6) is 1.00. The van der Waals surface area contributed by atoms with E-state index in [9.17, 15) is 4.79 Å². The van der Waals surface area contributed by atoms with E-state index in [4.69, 9.17) is 4.74 Å². The van der Waals surface area contributed by atoms with Crippen LogP contribution in [0.4, 0.5) is 0 Å². The van der Waals surface area contributed by atoms with E-state index in [0.29, 0.717) is 17.4 Å². The van der Waals surface area contributed by atoms with Crippen molar-refractivity contribution in [1.29, 1.82) is 0 Å². The van der Waals surface area contributed by atoms with Crippen LogP contribution in [-0.4, -0.2) is 22.0 Å². The highest BCUT2D eigenvalue weighted by atomic mass is 16.5. The molecule has 4 nitrogen and oxygen atoms in total. The van der Waals surface area contributed by atoms with Crippen molar-refractivity contribution in [2.45, 2.75) is 65.4 Å². The van der Waals surface area contributed by atoms with Crippen LogP contribution in [0.15, 0.2) is 72.4 Å². The molecule has 0 bridgehead atoms. The zero-order valence-corrected chi connectivity index (χ0v) is 21.0. The predicted molar refractivity (Wildman–Crippen MR) is 137 cm³/mol. The number of ether oxygens (including phenoxy) is 1. The fourth-order valence-corrected chi connectivity index (χ4v) is 7.57. The van der Waals surface area contributed by atoms with E-state index in [-0.39, 0.29) is 22.9 Å². The smallest absolute Gasteiger partial charge is 0.340 e. The fraction of sp³-hybridized carbons (Fsp3) is 0.452. The van der Waals surface area contributed by atoms with Gasteiger partial charge in [0.15, 0.2) is 0 Å². The zero-order valence-electron chi connectivity index (χ0n) is 21.0. The number of fused-ring (bicyclic) bond motifs is 5. The Kier molecular flexibility index (Phi) is 5.32. The van der Waals surface area contributed by atoms with Gasteiger partial charge in [-0.15, -0.1) is 0 Å². The third kappa shape index (κ3) is 3.52. The number of pyridine rings is 2. The summed E-state index contributed by atoms with van der Waals surface area (Å²) >= 11 is 0. The monoisotopic (exact) mass is 466 g/mol. The number of carbonyl (C=O) groups excluding carboxylic acids is 1. The van der Waals surface area contributed by atoms with Crippen molar-refractivity contribution in [3.63, 3.8) is 0 Å². The minimum absolute atomic E-state index is 0.0450. The maximum Gasteiger partial charge on any atom is 0.340 e. The minimum atomic E-state index is -0.239. The Bertz CT molecular complexity index is 1260. The van der Waals surface area contributed by atoms with Gasteiger partial charge in [0.05, 0.1) is 5.56 Å². The van der Waals surface area contributed by atoms with Crippen molar-refractivity contribution in [3.05, 3.63) is 89.1 Å². The molecule has 4 aliphatic carbocycles. The second-order valence-corrected chi connectivity index (χ2v) is 11.4. The molecule has 0 saturated heterocycles. The molecule has 4 aliphatic rings. The number of aromatic nitrogens is 2. The summed E-state index contributed by atoms with van der Waals surface area (Å²) in [4.78, 5) is 21.3. The third-order valence-corrected chi connectivity index (χ3v) is 9.61. The third-order valence-electron chi connectivity index (χ3n) is 9.61. The number of hydrogen-bond acceptors (Lipinski definition) is 4. The lowest BCUT2D eigenvalue weighted by Gasteiger charge is -2.56. The minimum Gasteiger partial charge on any atom is -0.458 e. The second kappa shape index (κ2) is 8.29. The highest BCUT2D eigenvalue weighted by Crippen LogP contribution is 2.64. The average Bonchev–Trinajstić information content (AvgIpc) is 3.22. The van der Waals surface area contributed by atoms with Gasteiger partial charge in [-0.1, -0.05) is 49.3 Å². The quantitative estimate of drug-likeness (QED) is 0.365. The van der Waals surface area contributed by atoms with Crippen LogP contribution in [0.2, 0.25) is 0 Å². The molecule has 6 rings (SSSR count). The van der Waals surface area contributed by atoms with Gasteiger partial charge in [-0.2, -0.15) is 0 Å². The molecule has 5 unspecified atom stereocenters. The predicted octanol–water partition coefficient (Wildman–Crippen LogP) is 6.89. The molecule has 2 aromatic heterocycles. The van der Waals surface area contributed by atoms with Crippen LogP contribution in [0.1, 0.15) is 73.9 Å². The molecule has 4 heteroatoms. The van der Waals surface area contributed by atoms with E-state index in [1.807, 2.05) is 31.5 Å². The van der Waals surface area contributed by atoms with Crippen LogP contribution >= 0.6 is 0 Å². The van der Waals surface area contributed by atoms with Crippen molar-refractivity contribution in [1.82, 2.24) is 9.97 Å². The van der Waals surface area contributed by atoms with Gasteiger partial charge in [-0.3, -0.25) is 9.97 Å². The first-order valence-electron chi connectivity index (χ1n) is 13.0. The molecule has 0 spiro atoms. The Balaban J connectivity index is 1.21. The summed E-state index contributed by atoms with van der Waals surface area (Å²) in [5, 5.41) is 0. The molecule has 0 amide bonds. The van der Waals surface area contributed by atoms with Crippen LogP contribution in [0, 0.1) is 29.6 Å². The fourth-order valence-electron chi connectivity index (χ4n) is 7.57. The van der Waals surface area contributed by atoms with E-state index in [0.717, 1.165) is 31.2 Å². The van der Waals surface area contributed by atoms with Gasteiger partial charge in [0, 0.05) is 36.6 Å². The van der Waals surface area contributed by atoms with Crippen molar-refractivity contribution >= 4 is 11.5 Å². The Labute approximate surface area is 208 Å². The number of carbonyl (C=O) groups is 1. The number of hydrogen-bond donors (Lipinski definition) is 0. The first-order valence-corrected chi connectivity index (χ1v) is 13.0. The molecule has 180 valence electrons. The van der Waals surface area contributed by atoms with Crippen LogP contribution in [0.5, 0.6) is 0 Å². The molecule has 35 heavy (non-hydrogen) atoms. The van der Waals surface area contributed by atoms with Gasteiger partial charge in [-0.05, 0) is 85.1 Å². The normalized spacial score (nSPS) is 33.5. The highest BCUT2D eigenvalue weighted by molar-refractivity contribution is 5.90. The molecule has 0 aliphatic heterocycles. The van der Waals surface area contributed by atoms with Crippen LogP contribution in [0.25, 0.3) is 5.57 Å². The molecule has 2 saturated carbocycles. The topological polar surface area (TPSA) is 52.1 Å². The van der Waals surface area contributed by atoms with E-state index in [1.165, 1.54) is 29.6 Å². The van der Waals surface area contributed by atoms with Crippen molar-refractivity contribution in [2.24, 2.45) is 22.7 Å². The molecule has 2 heterocycles. The van der Waals surface area contributed by atoms with Gasteiger partial charge in [0.1, 0.15) is 6.10 Å². The summed E-state index contributed by atoms with van der Waals surface area (Å²) in [6.45, 7) is 6.86. The lowest BCUT2D eigenvalue weighted by Crippen LogP contribution is -2.47. The number of aryl methyl sites for hydroxylation is 1. The molecule has 2 aromatic rings. The Morgan fingerprint density at radius 1 is 1.06 bits per heavy atom. The maximum absolute atomic E-state index is 12.8. The molecule has 5 atom stereocenters. The summed E-state index contributed by atoms with van der Waals surface area (Å²) in [6.07, 6.45) is 20.8. The van der Waals surface area contributed by atoms with Crippen LogP contribution in [-0.2, 0) is 4.74 Å². The van der Waals surface area contributed by atoms with Gasteiger partial charge >= 0.3 is 5.97 Å². The molecular weight excluding hydrogens is 432 g/mol. The molecule has 0 N–H and O–H groups in total. The SMILES string of the molecule is Cc1ccncc1C(=O)OC1CCC2(C)C(=CCC3C4=CC=C(c5cccnc5)C4(C)CCC32)C1. The highest BCUT2D eigenvalue weighted by Gasteiger charge is 2.54. The van der Waals surface area contributed by atoms with E-state index < -0.39 is 0 Å². The first kappa shape index (κ1) is 22.5. The summed E-state index contributed by atoms with van der Waals surface area (Å²) in [5.41, 5.74) is 7.60. The molecular formula is C31H34N2O2. The van der Waals surface area contributed by atoms with Crippen molar-refractivity contribution in [2.75, 3.05) is 0 Å². The number of rotatable bonds is 3. The van der Waals surface area contributed by atoms with Gasteiger partial charge in [-0.25, -0.2) is 4.79 Å². The van der Waals surface area contributed by atoms with E-state index in [2.05, 4.69) is 48.1 Å². The van der Waals surface area contributed by atoms with E-state index in [1.54, 1.807) is 18.0 Å². The first-order chi connectivity index (χ1) is 16.9. The molecule has 0 radical (unpaired) electrons. The van der Waals surface area contributed by atoms with Crippen LogP contribution in [0.3, 0.4) is 0 Å². The van der Waals surface area contributed by atoms with Gasteiger partial charge < -0.3 is 4.74 Å². The van der Waals surface area contributed by atoms with Gasteiger partial charge in [0.2, 0.25) is 0 Å². The number of allylic oxidation sites excluding steroid dienone is 5. The Morgan fingerprint density at radius 3 is 2.71 bits per heavy atom. The van der Waals surface area contributed by atoms with Crippen molar-refractivity contribution < 1.29 is 9.53 Å². The lowest BCUT2D eigenvalue weighted by atomic mass is 9.49.